The van der Waals surface area contributed by atoms with Crippen LogP contribution in [0.2, 0.25) is 0 Å². The van der Waals surface area contributed by atoms with Crippen LogP contribution in [-0.4, -0.2) is 31.8 Å². The van der Waals surface area contributed by atoms with Crippen LogP contribution in [0.4, 0.5) is 11.4 Å². The van der Waals surface area contributed by atoms with Crippen LogP contribution in [0.25, 0.3) is 0 Å². The molecule has 106 valence electrons. The second-order valence-corrected chi connectivity index (χ2v) is 4.84. The number of hydrogen-bond donors (Lipinski definition) is 2. The SMILES string of the molecule is CCOC(=O)c1ccc(NCC(C)(C)OC)c(N)c1. The van der Waals surface area contributed by atoms with E-state index in [0.717, 1.165) is 5.69 Å². The molecule has 0 aliphatic carbocycles. The molecule has 3 N–H and O–H groups in total. The van der Waals surface area contributed by atoms with Gasteiger partial charge in [0.1, 0.15) is 0 Å². The fraction of sp³-hybridized carbons (Fsp3) is 0.500. The summed E-state index contributed by atoms with van der Waals surface area (Å²) in [5, 5.41) is 3.20. The van der Waals surface area contributed by atoms with Crippen LogP contribution in [0.5, 0.6) is 0 Å². The van der Waals surface area contributed by atoms with E-state index in [1.165, 1.54) is 0 Å². The summed E-state index contributed by atoms with van der Waals surface area (Å²) in [5.41, 5.74) is 7.37. The van der Waals surface area contributed by atoms with Gasteiger partial charge in [0.25, 0.3) is 0 Å². The predicted molar refractivity (Wildman–Crippen MR) is 76.4 cm³/mol. The second kappa shape index (κ2) is 6.43. The van der Waals surface area contributed by atoms with E-state index in [1.807, 2.05) is 13.8 Å². The van der Waals surface area contributed by atoms with Gasteiger partial charge in [0, 0.05) is 13.7 Å². The molecule has 1 aromatic carbocycles. The molecular formula is C14H22N2O3. The molecule has 0 spiro atoms. The average Bonchev–Trinajstić information content (AvgIpc) is 2.37. The van der Waals surface area contributed by atoms with E-state index in [2.05, 4.69) is 5.32 Å². The van der Waals surface area contributed by atoms with E-state index >= 15 is 0 Å². The third kappa shape index (κ3) is 4.44. The molecule has 0 radical (unpaired) electrons. The molecule has 0 atom stereocenters. The fourth-order valence-electron chi connectivity index (χ4n) is 1.45. The minimum Gasteiger partial charge on any atom is -0.462 e. The summed E-state index contributed by atoms with van der Waals surface area (Å²) >= 11 is 0. The van der Waals surface area contributed by atoms with Crippen LogP contribution < -0.4 is 11.1 Å². The summed E-state index contributed by atoms with van der Waals surface area (Å²) in [4.78, 5) is 11.6. The highest BCUT2D eigenvalue weighted by molar-refractivity contribution is 5.91. The van der Waals surface area contributed by atoms with Gasteiger partial charge in [0.2, 0.25) is 0 Å². The second-order valence-electron chi connectivity index (χ2n) is 4.84. The van der Waals surface area contributed by atoms with Gasteiger partial charge in [0.05, 0.1) is 29.1 Å². The van der Waals surface area contributed by atoms with Crippen LogP contribution in [0.3, 0.4) is 0 Å². The molecule has 0 amide bonds. The lowest BCUT2D eigenvalue weighted by Crippen LogP contribution is -2.32. The number of anilines is 2. The van der Waals surface area contributed by atoms with Crippen molar-refractivity contribution in [3.63, 3.8) is 0 Å². The summed E-state index contributed by atoms with van der Waals surface area (Å²) in [6.07, 6.45) is 0. The summed E-state index contributed by atoms with van der Waals surface area (Å²) < 4.78 is 10.2. The maximum atomic E-state index is 11.6. The molecule has 0 unspecified atom stereocenters. The minimum absolute atomic E-state index is 0.285. The molecule has 0 fully saturated rings. The van der Waals surface area contributed by atoms with E-state index in [1.54, 1.807) is 32.2 Å². The Bertz CT molecular complexity index is 444. The Morgan fingerprint density at radius 3 is 2.63 bits per heavy atom. The van der Waals surface area contributed by atoms with Crippen LogP contribution in [0.1, 0.15) is 31.1 Å². The minimum atomic E-state index is -0.363. The van der Waals surface area contributed by atoms with Crippen molar-refractivity contribution in [1.29, 1.82) is 0 Å². The Balaban J connectivity index is 2.75. The number of hydrogen-bond acceptors (Lipinski definition) is 5. The van der Waals surface area contributed by atoms with Gasteiger partial charge in [-0.2, -0.15) is 0 Å². The van der Waals surface area contributed by atoms with Crippen molar-refractivity contribution >= 4 is 17.3 Å². The van der Waals surface area contributed by atoms with Gasteiger partial charge in [-0.25, -0.2) is 4.79 Å². The van der Waals surface area contributed by atoms with Crippen molar-refractivity contribution in [3.8, 4) is 0 Å². The monoisotopic (exact) mass is 266 g/mol. The Morgan fingerprint density at radius 1 is 1.42 bits per heavy atom. The zero-order chi connectivity index (χ0) is 14.5. The topological polar surface area (TPSA) is 73.6 Å². The quantitative estimate of drug-likeness (QED) is 0.610. The number of nitrogen functional groups attached to an aromatic ring is 1. The van der Waals surface area contributed by atoms with Crippen LogP contribution in [0.15, 0.2) is 18.2 Å². The number of rotatable bonds is 6. The zero-order valence-corrected chi connectivity index (χ0v) is 11.9. The first-order chi connectivity index (χ1) is 8.89. The van der Waals surface area contributed by atoms with Gasteiger partial charge < -0.3 is 20.5 Å². The van der Waals surface area contributed by atoms with Gasteiger partial charge in [-0.15, -0.1) is 0 Å². The number of benzene rings is 1. The first-order valence-corrected chi connectivity index (χ1v) is 6.25. The molecule has 0 saturated carbocycles. The number of esters is 1. The van der Waals surface area contributed by atoms with E-state index in [9.17, 15) is 4.79 Å². The van der Waals surface area contributed by atoms with Crippen LogP contribution >= 0.6 is 0 Å². The van der Waals surface area contributed by atoms with E-state index in [0.29, 0.717) is 24.4 Å². The van der Waals surface area contributed by atoms with Crippen molar-refractivity contribution in [3.05, 3.63) is 23.8 Å². The fourth-order valence-corrected chi connectivity index (χ4v) is 1.45. The Morgan fingerprint density at radius 2 is 2.11 bits per heavy atom. The summed E-state index contributed by atoms with van der Waals surface area (Å²) in [7, 11) is 1.66. The molecule has 5 heteroatoms. The smallest absolute Gasteiger partial charge is 0.338 e. The summed E-state index contributed by atoms with van der Waals surface area (Å²) in [6.45, 7) is 6.68. The van der Waals surface area contributed by atoms with Crippen molar-refractivity contribution < 1.29 is 14.3 Å². The number of nitrogens with one attached hydrogen (secondary N) is 1. The number of ether oxygens (including phenoxy) is 2. The predicted octanol–water partition coefficient (Wildman–Crippen LogP) is 2.28. The molecule has 19 heavy (non-hydrogen) atoms. The van der Waals surface area contributed by atoms with E-state index in [4.69, 9.17) is 15.2 Å². The van der Waals surface area contributed by atoms with Gasteiger partial charge in [-0.1, -0.05) is 0 Å². The molecule has 5 nitrogen and oxygen atoms in total. The van der Waals surface area contributed by atoms with Crippen LogP contribution in [0, 0.1) is 0 Å². The molecular weight excluding hydrogens is 244 g/mol. The summed E-state index contributed by atoms with van der Waals surface area (Å²) in [6, 6.07) is 5.07. The van der Waals surface area contributed by atoms with Gasteiger partial charge in [-0.3, -0.25) is 0 Å². The molecule has 0 bridgehead atoms. The van der Waals surface area contributed by atoms with Crippen molar-refractivity contribution in [1.82, 2.24) is 0 Å². The third-order valence-corrected chi connectivity index (χ3v) is 2.82. The van der Waals surface area contributed by atoms with Crippen LogP contribution in [-0.2, 0) is 9.47 Å². The molecule has 1 rings (SSSR count). The van der Waals surface area contributed by atoms with Crippen molar-refractivity contribution in [2.75, 3.05) is 31.3 Å². The van der Waals surface area contributed by atoms with E-state index in [-0.39, 0.29) is 11.6 Å². The van der Waals surface area contributed by atoms with Crippen molar-refractivity contribution in [2.45, 2.75) is 26.4 Å². The molecule has 1 aromatic rings. The number of methoxy groups -OCH3 is 1. The molecule has 0 saturated heterocycles. The van der Waals surface area contributed by atoms with Gasteiger partial charge >= 0.3 is 5.97 Å². The maximum absolute atomic E-state index is 11.6. The molecule has 0 aliphatic heterocycles. The van der Waals surface area contributed by atoms with Gasteiger partial charge in [-0.05, 0) is 39.0 Å². The lowest BCUT2D eigenvalue weighted by Gasteiger charge is -2.24. The number of carbonyl (C=O) groups excluding carboxylic acids is 1. The lowest BCUT2D eigenvalue weighted by atomic mass is 10.1. The zero-order valence-electron chi connectivity index (χ0n) is 11.9. The largest absolute Gasteiger partial charge is 0.462 e. The maximum Gasteiger partial charge on any atom is 0.338 e. The highest BCUT2D eigenvalue weighted by atomic mass is 16.5. The molecule has 0 heterocycles. The first kappa shape index (κ1) is 15.3. The number of nitrogens with two attached hydrogens (primary N) is 1. The van der Waals surface area contributed by atoms with Crippen molar-refractivity contribution in [2.24, 2.45) is 0 Å². The Labute approximate surface area is 114 Å². The lowest BCUT2D eigenvalue weighted by molar-refractivity contribution is 0.0344. The Kier molecular flexibility index (Phi) is 5.18. The third-order valence-electron chi connectivity index (χ3n) is 2.82. The van der Waals surface area contributed by atoms with Gasteiger partial charge in [0.15, 0.2) is 0 Å². The summed E-state index contributed by atoms with van der Waals surface area (Å²) in [5.74, 6) is -0.363. The molecule has 0 aromatic heterocycles. The number of carbonyl (C=O) groups is 1. The van der Waals surface area contributed by atoms with E-state index < -0.39 is 0 Å². The Hall–Kier alpha value is -1.75. The average molecular weight is 266 g/mol. The highest BCUT2D eigenvalue weighted by Gasteiger charge is 2.16. The first-order valence-electron chi connectivity index (χ1n) is 6.25. The highest BCUT2D eigenvalue weighted by Crippen LogP contribution is 2.21. The normalized spacial score (nSPS) is 11.2. The standard InChI is InChI=1S/C14H22N2O3/c1-5-19-13(17)10-6-7-12(11(15)8-10)16-9-14(2,3)18-4/h6-8,16H,5,9,15H2,1-4H3. The molecule has 0 aliphatic rings.